The number of pyridine rings is 1. The van der Waals surface area contributed by atoms with Crippen molar-refractivity contribution in [2.45, 2.75) is 6.61 Å². The zero-order chi connectivity index (χ0) is 15.4. The van der Waals surface area contributed by atoms with E-state index in [1.54, 1.807) is 13.3 Å². The van der Waals surface area contributed by atoms with Gasteiger partial charge in [-0.1, -0.05) is 30.3 Å². The van der Waals surface area contributed by atoms with E-state index < -0.39 is 0 Å². The molecule has 3 aromatic rings. The van der Waals surface area contributed by atoms with Crippen LogP contribution in [0.4, 0.5) is 0 Å². The fourth-order valence-corrected chi connectivity index (χ4v) is 2.28. The van der Waals surface area contributed by atoms with E-state index in [2.05, 4.69) is 11.1 Å². The Morgan fingerprint density at radius 2 is 1.91 bits per heavy atom. The van der Waals surface area contributed by atoms with Gasteiger partial charge in [0.05, 0.1) is 7.11 Å². The fourth-order valence-electron chi connectivity index (χ4n) is 2.28. The molecule has 0 saturated carbocycles. The molecule has 2 aromatic carbocycles. The molecule has 0 spiro atoms. The second-order valence-corrected chi connectivity index (χ2v) is 4.77. The molecule has 0 aliphatic heterocycles. The minimum absolute atomic E-state index is 0.379. The maximum atomic E-state index is 9.18. The fraction of sp³-hybridized carbons (Fsp3) is 0.111. The lowest BCUT2D eigenvalue weighted by Gasteiger charge is -2.12. The van der Waals surface area contributed by atoms with Crippen LogP contribution < -0.4 is 9.47 Å². The van der Waals surface area contributed by atoms with Crippen LogP contribution in [0.25, 0.3) is 10.8 Å². The number of nitrogens with zero attached hydrogens (tertiary/aromatic N) is 2. The summed E-state index contributed by atoms with van der Waals surface area (Å²) in [4.78, 5) is 4.08. The van der Waals surface area contributed by atoms with Gasteiger partial charge in [-0.15, -0.1) is 0 Å². The molecule has 0 radical (unpaired) electrons. The van der Waals surface area contributed by atoms with Crippen LogP contribution in [0.5, 0.6) is 11.5 Å². The molecule has 0 aliphatic rings. The number of aromatic nitrogens is 1. The smallest absolute Gasteiger partial charge is 0.162 e. The summed E-state index contributed by atoms with van der Waals surface area (Å²) in [7, 11) is 1.60. The summed E-state index contributed by atoms with van der Waals surface area (Å²) in [6.45, 7) is 0.435. The topological polar surface area (TPSA) is 55.1 Å². The highest BCUT2D eigenvalue weighted by Gasteiger charge is 2.10. The lowest BCUT2D eigenvalue weighted by Crippen LogP contribution is -1.98. The van der Waals surface area contributed by atoms with Crippen LogP contribution >= 0.6 is 0 Å². The summed E-state index contributed by atoms with van der Waals surface area (Å²) in [5, 5.41) is 10.8. The van der Waals surface area contributed by atoms with Gasteiger partial charge in [-0.25, -0.2) is 4.98 Å². The molecule has 3 rings (SSSR count). The number of methoxy groups -OCH3 is 1. The van der Waals surface area contributed by atoms with Crippen molar-refractivity contribution in [3.63, 3.8) is 0 Å². The average molecular weight is 290 g/mol. The van der Waals surface area contributed by atoms with E-state index in [0.717, 1.165) is 16.3 Å². The van der Waals surface area contributed by atoms with E-state index in [9.17, 15) is 5.26 Å². The van der Waals surface area contributed by atoms with E-state index >= 15 is 0 Å². The summed E-state index contributed by atoms with van der Waals surface area (Å²) in [6, 6.07) is 17.5. The van der Waals surface area contributed by atoms with Crippen molar-refractivity contribution in [1.82, 2.24) is 4.98 Å². The molecule has 22 heavy (non-hydrogen) atoms. The van der Waals surface area contributed by atoms with Gasteiger partial charge in [0.1, 0.15) is 18.4 Å². The van der Waals surface area contributed by atoms with E-state index in [0.29, 0.717) is 23.8 Å². The van der Waals surface area contributed by atoms with Crippen molar-refractivity contribution in [3.05, 3.63) is 66.0 Å². The maximum Gasteiger partial charge on any atom is 0.162 e. The van der Waals surface area contributed by atoms with Crippen molar-refractivity contribution in [3.8, 4) is 17.6 Å². The van der Waals surface area contributed by atoms with Gasteiger partial charge >= 0.3 is 0 Å². The Morgan fingerprint density at radius 3 is 2.64 bits per heavy atom. The Kier molecular flexibility index (Phi) is 3.88. The van der Waals surface area contributed by atoms with Crippen LogP contribution in [-0.2, 0) is 6.61 Å². The number of nitriles is 1. The number of ether oxygens (including phenoxy) is 2. The SMILES string of the molecule is COc1cc2ccnc(C#N)c2cc1OCc1ccccc1. The third-order valence-corrected chi connectivity index (χ3v) is 3.39. The molecule has 0 atom stereocenters. The first kappa shape index (κ1) is 13.9. The Bertz CT molecular complexity index is 839. The molecular formula is C18H14N2O2. The molecule has 0 fully saturated rings. The van der Waals surface area contributed by atoms with E-state index in [-0.39, 0.29) is 0 Å². The van der Waals surface area contributed by atoms with Crippen molar-refractivity contribution in [2.24, 2.45) is 0 Å². The molecule has 4 nitrogen and oxygen atoms in total. The Labute approximate surface area is 128 Å². The second-order valence-electron chi connectivity index (χ2n) is 4.77. The van der Waals surface area contributed by atoms with Gasteiger partial charge in [0.15, 0.2) is 11.5 Å². The lowest BCUT2D eigenvalue weighted by atomic mass is 10.1. The van der Waals surface area contributed by atoms with Gasteiger partial charge in [-0.05, 0) is 29.1 Å². The summed E-state index contributed by atoms with van der Waals surface area (Å²) in [6.07, 6.45) is 1.62. The Hall–Kier alpha value is -3.06. The van der Waals surface area contributed by atoms with E-state index in [1.807, 2.05) is 48.5 Å². The summed E-state index contributed by atoms with van der Waals surface area (Å²) >= 11 is 0. The van der Waals surface area contributed by atoms with Crippen molar-refractivity contribution >= 4 is 10.8 Å². The lowest BCUT2D eigenvalue weighted by molar-refractivity contribution is 0.285. The molecule has 0 aliphatic carbocycles. The molecule has 1 aromatic heterocycles. The largest absolute Gasteiger partial charge is 0.493 e. The van der Waals surface area contributed by atoms with Crippen LogP contribution in [0.15, 0.2) is 54.7 Å². The molecule has 108 valence electrons. The standard InChI is InChI=1S/C18H14N2O2/c1-21-17-9-14-7-8-20-16(11-19)15(14)10-18(17)22-12-13-5-3-2-4-6-13/h2-10H,12H2,1H3. The van der Waals surface area contributed by atoms with Gasteiger partial charge in [0, 0.05) is 11.6 Å². The third-order valence-electron chi connectivity index (χ3n) is 3.39. The average Bonchev–Trinajstić information content (AvgIpc) is 2.59. The molecule has 0 saturated heterocycles. The molecule has 0 N–H and O–H groups in total. The van der Waals surface area contributed by atoms with Crippen LogP contribution in [0.2, 0.25) is 0 Å². The second kappa shape index (κ2) is 6.15. The normalized spacial score (nSPS) is 10.2. The zero-order valence-corrected chi connectivity index (χ0v) is 12.1. The summed E-state index contributed by atoms with van der Waals surface area (Å²) in [5.74, 6) is 1.24. The van der Waals surface area contributed by atoms with Gasteiger partial charge in [0.2, 0.25) is 0 Å². The first-order valence-electron chi connectivity index (χ1n) is 6.85. The monoisotopic (exact) mass is 290 g/mol. The number of hydrogen-bond donors (Lipinski definition) is 0. The quantitative estimate of drug-likeness (QED) is 0.735. The first-order valence-corrected chi connectivity index (χ1v) is 6.85. The molecule has 0 unspecified atom stereocenters. The van der Waals surface area contributed by atoms with Crippen molar-refractivity contribution < 1.29 is 9.47 Å². The van der Waals surface area contributed by atoms with E-state index in [1.165, 1.54) is 0 Å². The van der Waals surface area contributed by atoms with Crippen LogP contribution in [-0.4, -0.2) is 12.1 Å². The van der Waals surface area contributed by atoms with Crippen molar-refractivity contribution in [2.75, 3.05) is 7.11 Å². The predicted octanol–water partition coefficient (Wildman–Crippen LogP) is 3.69. The minimum atomic E-state index is 0.379. The van der Waals surface area contributed by atoms with Crippen LogP contribution in [0.3, 0.4) is 0 Å². The maximum absolute atomic E-state index is 9.18. The third kappa shape index (κ3) is 2.70. The van der Waals surface area contributed by atoms with E-state index in [4.69, 9.17) is 9.47 Å². The molecular weight excluding hydrogens is 276 g/mol. The molecule has 0 bridgehead atoms. The van der Waals surface area contributed by atoms with Crippen LogP contribution in [0, 0.1) is 11.3 Å². The number of hydrogen-bond acceptors (Lipinski definition) is 4. The Balaban J connectivity index is 1.99. The zero-order valence-electron chi connectivity index (χ0n) is 12.1. The number of rotatable bonds is 4. The summed E-state index contributed by atoms with van der Waals surface area (Å²) < 4.78 is 11.2. The highest BCUT2D eigenvalue weighted by molar-refractivity contribution is 5.89. The van der Waals surface area contributed by atoms with Gasteiger partial charge < -0.3 is 9.47 Å². The Morgan fingerprint density at radius 1 is 1.09 bits per heavy atom. The molecule has 1 heterocycles. The predicted molar refractivity (Wildman–Crippen MR) is 83.8 cm³/mol. The molecule has 4 heteroatoms. The molecule has 0 amide bonds. The number of fused-ring (bicyclic) bond motifs is 1. The van der Waals surface area contributed by atoms with Gasteiger partial charge in [-0.3, -0.25) is 0 Å². The van der Waals surface area contributed by atoms with Crippen molar-refractivity contribution in [1.29, 1.82) is 5.26 Å². The minimum Gasteiger partial charge on any atom is -0.493 e. The highest BCUT2D eigenvalue weighted by Crippen LogP contribution is 2.33. The van der Waals surface area contributed by atoms with Gasteiger partial charge in [-0.2, -0.15) is 5.26 Å². The van der Waals surface area contributed by atoms with Gasteiger partial charge in [0.25, 0.3) is 0 Å². The summed E-state index contributed by atoms with van der Waals surface area (Å²) in [5.41, 5.74) is 1.45. The highest BCUT2D eigenvalue weighted by atomic mass is 16.5. The number of benzene rings is 2. The first-order chi connectivity index (χ1) is 10.8. The van der Waals surface area contributed by atoms with Crippen LogP contribution in [0.1, 0.15) is 11.3 Å².